The number of anilines is 1. The topological polar surface area (TPSA) is 41.1 Å². The second-order valence-electron chi connectivity index (χ2n) is 4.86. The van der Waals surface area contributed by atoms with Crippen LogP contribution in [0.1, 0.15) is 24.1 Å². The lowest BCUT2D eigenvalue weighted by atomic mass is 10.1. The molecule has 0 radical (unpaired) electrons. The summed E-state index contributed by atoms with van der Waals surface area (Å²) in [5.41, 5.74) is 2.25. The van der Waals surface area contributed by atoms with Crippen LogP contribution < -0.4 is 10.6 Å². The van der Waals surface area contributed by atoms with Crippen molar-refractivity contribution >= 4 is 11.7 Å². The van der Waals surface area contributed by atoms with Gasteiger partial charge in [0.2, 0.25) is 0 Å². The summed E-state index contributed by atoms with van der Waals surface area (Å²) >= 11 is 0. The van der Waals surface area contributed by atoms with Gasteiger partial charge in [0.15, 0.2) is 11.6 Å². The van der Waals surface area contributed by atoms with Crippen molar-refractivity contribution in [3.05, 3.63) is 65.2 Å². The molecular formula is C16H16F2N2O. The predicted molar refractivity (Wildman–Crippen MR) is 78.1 cm³/mol. The molecule has 0 saturated heterocycles. The normalized spacial score (nSPS) is 11.8. The molecule has 1 unspecified atom stereocenters. The molecule has 0 saturated carbocycles. The van der Waals surface area contributed by atoms with Crippen LogP contribution in [0.5, 0.6) is 0 Å². The van der Waals surface area contributed by atoms with Gasteiger partial charge < -0.3 is 10.6 Å². The number of amides is 2. The molecule has 0 spiro atoms. The van der Waals surface area contributed by atoms with Crippen molar-refractivity contribution in [2.45, 2.75) is 19.9 Å². The first-order valence-corrected chi connectivity index (χ1v) is 6.55. The molecular weight excluding hydrogens is 274 g/mol. The molecule has 21 heavy (non-hydrogen) atoms. The van der Waals surface area contributed by atoms with E-state index >= 15 is 0 Å². The molecule has 2 aromatic rings. The van der Waals surface area contributed by atoms with Crippen LogP contribution in [0.4, 0.5) is 19.3 Å². The molecule has 0 aliphatic carbocycles. The number of nitrogens with one attached hydrogen (secondary N) is 2. The third-order valence-corrected chi connectivity index (χ3v) is 3.10. The lowest BCUT2D eigenvalue weighted by Crippen LogP contribution is -2.31. The molecule has 0 aromatic heterocycles. The van der Waals surface area contributed by atoms with E-state index in [2.05, 4.69) is 10.6 Å². The van der Waals surface area contributed by atoms with Gasteiger partial charge in [-0.25, -0.2) is 13.6 Å². The van der Waals surface area contributed by atoms with Crippen molar-refractivity contribution in [3.8, 4) is 0 Å². The van der Waals surface area contributed by atoms with Crippen LogP contribution in [0.25, 0.3) is 0 Å². The third kappa shape index (κ3) is 4.02. The highest BCUT2D eigenvalue weighted by Gasteiger charge is 2.12. The number of hydrogen-bond acceptors (Lipinski definition) is 1. The molecule has 2 amide bonds. The smallest absolute Gasteiger partial charge is 0.319 e. The van der Waals surface area contributed by atoms with Crippen molar-refractivity contribution in [3.63, 3.8) is 0 Å². The van der Waals surface area contributed by atoms with Gasteiger partial charge in [-0.15, -0.1) is 0 Å². The standard InChI is InChI=1S/C16H16F2N2O/c1-10-3-6-13(7-4-10)20-16(21)19-11(2)12-5-8-14(17)15(18)9-12/h3-9,11H,1-2H3,(H2,19,20,21). The number of halogens is 2. The Bertz CT molecular complexity index is 641. The largest absolute Gasteiger partial charge is 0.331 e. The van der Waals surface area contributed by atoms with Crippen LogP contribution in [0.3, 0.4) is 0 Å². The average molecular weight is 290 g/mol. The molecule has 1 atom stereocenters. The van der Waals surface area contributed by atoms with Gasteiger partial charge in [-0.2, -0.15) is 0 Å². The molecule has 2 rings (SSSR count). The first kappa shape index (κ1) is 15.0. The summed E-state index contributed by atoms with van der Waals surface area (Å²) in [6.07, 6.45) is 0. The van der Waals surface area contributed by atoms with Crippen LogP contribution in [0, 0.1) is 18.6 Å². The highest BCUT2D eigenvalue weighted by atomic mass is 19.2. The highest BCUT2D eigenvalue weighted by Crippen LogP contribution is 2.16. The van der Waals surface area contributed by atoms with Crippen molar-refractivity contribution in [2.75, 3.05) is 5.32 Å². The zero-order chi connectivity index (χ0) is 15.4. The second kappa shape index (κ2) is 6.35. The predicted octanol–water partition coefficient (Wildman–Crippen LogP) is 4.16. The fourth-order valence-corrected chi connectivity index (χ4v) is 1.87. The van der Waals surface area contributed by atoms with Crippen molar-refractivity contribution in [1.29, 1.82) is 0 Å². The van der Waals surface area contributed by atoms with E-state index in [4.69, 9.17) is 0 Å². The molecule has 2 N–H and O–H groups in total. The maximum absolute atomic E-state index is 13.2. The molecule has 0 heterocycles. The van der Waals surface area contributed by atoms with Crippen LogP contribution in [0.2, 0.25) is 0 Å². The number of urea groups is 1. The number of hydrogen-bond donors (Lipinski definition) is 2. The summed E-state index contributed by atoms with van der Waals surface area (Å²) in [4.78, 5) is 11.8. The first-order valence-electron chi connectivity index (χ1n) is 6.55. The summed E-state index contributed by atoms with van der Waals surface area (Å²) in [5, 5.41) is 5.34. The Hall–Kier alpha value is -2.43. The first-order chi connectivity index (χ1) is 9.95. The van der Waals surface area contributed by atoms with Gasteiger partial charge in [0, 0.05) is 5.69 Å². The van der Waals surface area contributed by atoms with E-state index < -0.39 is 23.7 Å². The molecule has 2 aromatic carbocycles. The molecule has 0 bridgehead atoms. The Morgan fingerprint density at radius 1 is 1.05 bits per heavy atom. The molecule has 3 nitrogen and oxygen atoms in total. The number of benzene rings is 2. The Labute approximate surface area is 122 Å². The van der Waals surface area contributed by atoms with E-state index in [0.29, 0.717) is 11.3 Å². The van der Waals surface area contributed by atoms with E-state index in [9.17, 15) is 13.6 Å². The lowest BCUT2D eigenvalue weighted by Gasteiger charge is -2.15. The van der Waals surface area contributed by atoms with Gasteiger partial charge in [-0.1, -0.05) is 23.8 Å². The lowest BCUT2D eigenvalue weighted by molar-refractivity contribution is 0.249. The van der Waals surface area contributed by atoms with E-state index in [1.165, 1.54) is 6.07 Å². The Morgan fingerprint density at radius 3 is 2.33 bits per heavy atom. The zero-order valence-corrected chi connectivity index (χ0v) is 11.8. The second-order valence-corrected chi connectivity index (χ2v) is 4.86. The van der Waals surface area contributed by atoms with Gasteiger partial charge in [-0.05, 0) is 43.7 Å². The van der Waals surface area contributed by atoms with E-state index in [1.807, 2.05) is 19.1 Å². The minimum atomic E-state index is -0.930. The van der Waals surface area contributed by atoms with Crippen molar-refractivity contribution < 1.29 is 13.6 Å². The van der Waals surface area contributed by atoms with Crippen molar-refractivity contribution in [2.24, 2.45) is 0 Å². The highest BCUT2D eigenvalue weighted by molar-refractivity contribution is 5.89. The van der Waals surface area contributed by atoms with E-state index in [1.54, 1.807) is 19.1 Å². The maximum Gasteiger partial charge on any atom is 0.319 e. The summed E-state index contributed by atoms with van der Waals surface area (Å²) in [7, 11) is 0. The SMILES string of the molecule is Cc1ccc(NC(=O)NC(C)c2ccc(F)c(F)c2)cc1. The van der Waals surface area contributed by atoms with Gasteiger partial charge in [0.05, 0.1) is 6.04 Å². The fraction of sp³-hybridized carbons (Fsp3) is 0.188. The molecule has 0 aliphatic rings. The van der Waals surface area contributed by atoms with Gasteiger partial charge in [-0.3, -0.25) is 0 Å². The number of carbonyl (C=O) groups is 1. The fourth-order valence-electron chi connectivity index (χ4n) is 1.87. The van der Waals surface area contributed by atoms with E-state index in [0.717, 1.165) is 17.7 Å². The zero-order valence-electron chi connectivity index (χ0n) is 11.8. The maximum atomic E-state index is 13.2. The summed E-state index contributed by atoms with van der Waals surface area (Å²) in [5.74, 6) is -1.84. The van der Waals surface area contributed by atoms with Gasteiger partial charge in [0.1, 0.15) is 0 Å². The summed E-state index contributed by atoms with van der Waals surface area (Å²) in [6, 6.07) is 10.1. The van der Waals surface area contributed by atoms with Crippen LogP contribution >= 0.6 is 0 Å². The Morgan fingerprint density at radius 2 is 1.71 bits per heavy atom. The molecule has 5 heteroatoms. The number of carbonyl (C=O) groups excluding carboxylic acids is 1. The summed E-state index contributed by atoms with van der Waals surface area (Å²) < 4.78 is 26.0. The van der Waals surface area contributed by atoms with Gasteiger partial charge >= 0.3 is 6.03 Å². The molecule has 0 aliphatic heterocycles. The minimum Gasteiger partial charge on any atom is -0.331 e. The Kier molecular flexibility index (Phi) is 4.52. The molecule has 110 valence electrons. The minimum absolute atomic E-state index is 0.406. The van der Waals surface area contributed by atoms with Crippen LogP contribution in [0.15, 0.2) is 42.5 Å². The third-order valence-electron chi connectivity index (χ3n) is 3.10. The molecule has 0 fully saturated rings. The number of rotatable bonds is 3. The van der Waals surface area contributed by atoms with Crippen LogP contribution in [-0.2, 0) is 0 Å². The number of aryl methyl sites for hydroxylation is 1. The van der Waals surface area contributed by atoms with Crippen molar-refractivity contribution in [1.82, 2.24) is 5.32 Å². The average Bonchev–Trinajstić information content (AvgIpc) is 2.44. The van der Waals surface area contributed by atoms with Gasteiger partial charge in [0.25, 0.3) is 0 Å². The van der Waals surface area contributed by atoms with E-state index in [-0.39, 0.29) is 0 Å². The monoisotopic (exact) mass is 290 g/mol. The Balaban J connectivity index is 1.98. The quantitative estimate of drug-likeness (QED) is 0.875. The summed E-state index contributed by atoms with van der Waals surface area (Å²) in [6.45, 7) is 3.65. The van der Waals surface area contributed by atoms with Crippen LogP contribution in [-0.4, -0.2) is 6.03 Å².